The lowest BCUT2D eigenvalue weighted by Gasteiger charge is -2.05. The van der Waals surface area contributed by atoms with Crippen LogP contribution in [0.2, 0.25) is 15.1 Å². The van der Waals surface area contributed by atoms with Crippen molar-refractivity contribution in [3.63, 3.8) is 0 Å². The fraction of sp³-hybridized carbons (Fsp3) is 0.0625. The number of amides is 1. The number of carbonyl (C=O) groups excluding carboxylic acids is 1. The molecule has 2 aromatic carbocycles. The van der Waals surface area contributed by atoms with Crippen molar-refractivity contribution >= 4 is 40.7 Å². The molecular formula is C16H11Cl3N4O2. The van der Waals surface area contributed by atoms with Gasteiger partial charge in [-0.1, -0.05) is 53.0 Å². The molecule has 0 saturated carbocycles. The number of nitrogens with one attached hydrogen (secondary N) is 1. The van der Waals surface area contributed by atoms with Gasteiger partial charge in [-0.3, -0.25) is 4.79 Å². The highest BCUT2D eigenvalue weighted by Gasteiger charge is 2.14. The summed E-state index contributed by atoms with van der Waals surface area (Å²) >= 11 is 17.8. The second-order valence-corrected chi connectivity index (χ2v) is 6.27. The van der Waals surface area contributed by atoms with Gasteiger partial charge in [0.1, 0.15) is 6.33 Å². The van der Waals surface area contributed by atoms with E-state index < -0.39 is 5.91 Å². The Morgan fingerprint density at radius 1 is 1.12 bits per heavy atom. The Morgan fingerprint density at radius 2 is 1.80 bits per heavy atom. The van der Waals surface area contributed by atoms with Gasteiger partial charge in [-0.2, -0.15) is 0 Å². The Bertz CT molecular complexity index is 920. The number of carbonyl (C=O) groups is 1. The molecule has 128 valence electrons. The average molecular weight is 398 g/mol. The molecule has 0 aliphatic heterocycles. The Kier molecular flexibility index (Phi) is 5.13. The van der Waals surface area contributed by atoms with E-state index in [1.165, 1.54) is 23.1 Å². The van der Waals surface area contributed by atoms with Gasteiger partial charge in [0.2, 0.25) is 5.82 Å². The molecule has 0 fully saturated rings. The van der Waals surface area contributed by atoms with E-state index in [4.69, 9.17) is 34.8 Å². The van der Waals surface area contributed by atoms with Crippen molar-refractivity contribution in [3.05, 3.63) is 69.2 Å². The predicted molar refractivity (Wildman–Crippen MR) is 95.7 cm³/mol. The van der Waals surface area contributed by atoms with Crippen LogP contribution in [0.15, 0.2) is 42.7 Å². The van der Waals surface area contributed by atoms with Gasteiger partial charge in [0.15, 0.2) is 5.75 Å². The fourth-order valence-electron chi connectivity index (χ4n) is 2.07. The lowest BCUT2D eigenvalue weighted by Crippen LogP contribution is -2.24. The van der Waals surface area contributed by atoms with Crippen molar-refractivity contribution in [2.75, 3.05) is 0 Å². The van der Waals surface area contributed by atoms with E-state index in [2.05, 4.69) is 15.4 Å². The quantitative estimate of drug-likeness (QED) is 0.700. The third-order valence-electron chi connectivity index (χ3n) is 3.36. The second kappa shape index (κ2) is 7.31. The summed E-state index contributed by atoms with van der Waals surface area (Å²) in [5, 5.41) is 17.1. The van der Waals surface area contributed by atoms with Gasteiger partial charge >= 0.3 is 0 Å². The first kappa shape index (κ1) is 17.5. The summed E-state index contributed by atoms with van der Waals surface area (Å²) in [5.41, 5.74) is 1.25. The highest BCUT2D eigenvalue weighted by atomic mass is 35.5. The number of phenols is 1. The minimum atomic E-state index is -0.449. The van der Waals surface area contributed by atoms with E-state index in [0.29, 0.717) is 10.7 Å². The summed E-state index contributed by atoms with van der Waals surface area (Å²) in [4.78, 5) is 16.1. The molecule has 25 heavy (non-hydrogen) atoms. The van der Waals surface area contributed by atoms with E-state index in [1.54, 1.807) is 6.07 Å². The smallest absolute Gasteiger partial charge is 0.291 e. The third-order valence-corrected chi connectivity index (χ3v) is 4.30. The molecule has 0 aliphatic carbocycles. The van der Waals surface area contributed by atoms with E-state index >= 15 is 0 Å². The number of aromatic hydroxyl groups is 1. The Labute approximate surface area is 158 Å². The van der Waals surface area contributed by atoms with Crippen molar-refractivity contribution < 1.29 is 9.90 Å². The molecular weight excluding hydrogens is 387 g/mol. The Hall–Kier alpha value is -2.28. The molecule has 2 N–H and O–H groups in total. The minimum Gasteiger partial charge on any atom is -0.505 e. The van der Waals surface area contributed by atoms with Gasteiger partial charge < -0.3 is 10.4 Å². The van der Waals surface area contributed by atoms with Crippen molar-refractivity contribution in [3.8, 4) is 11.4 Å². The molecule has 0 spiro atoms. The van der Waals surface area contributed by atoms with E-state index in [-0.39, 0.29) is 28.2 Å². The Balaban J connectivity index is 1.75. The van der Waals surface area contributed by atoms with Crippen LogP contribution in [0.5, 0.6) is 5.75 Å². The third kappa shape index (κ3) is 3.87. The summed E-state index contributed by atoms with van der Waals surface area (Å²) in [6.45, 7) is 0.254. The number of rotatable bonds is 4. The SMILES string of the molecule is O=C(NCc1ccccc1Cl)c1ncn(-c2cc(Cl)c(O)c(Cl)c2)n1. The number of aromatic nitrogens is 3. The van der Waals surface area contributed by atoms with Crippen molar-refractivity contribution in [2.45, 2.75) is 6.54 Å². The average Bonchev–Trinajstić information content (AvgIpc) is 3.08. The highest BCUT2D eigenvalue weighted by molar-refractivity contribution is 6.37. The maximum Gasteiger partial charge on any atom is 0.291 e. The van der Waals surface area contributed by atoms with Crippen molar-refractivity contribution in [1.29, 1.82) is 0 Å². The zero-order chi connectivity index (χ0) is 18.0. The lowest BCUT2D eigenvalue weighted by molar-refractivity contribution is 0.0940. The van der Waals surface area contributed by atoms with E-state index in [9.17, 15) is 9.90 Å². The van der Waals surface area contributed by atoms with E-state index in [0.717, 1.165) is 5.56 Å². The normalized spacial score (nSPS) is 10.7. The van der Waals surface area contributed by atoms with Gasteiger partial charge in [0.05, 0.1) is 15.7 Å². The molecule has 0 atom stereocenters. The van der Waals surface area contributed by atoms with Crippen LogP contribution in [-0.4, -0.2) is 25.8 Å². The molecule has 1 amide bonds. The van der Waals surface area contributed by atoms with Crippen LogP contribution in [0.25, 0.3) is 5.69 Å². The predicted octanol–water partition coefficient (Wildman–Crippen LogP) is 3.86. The van der Waals surface area contributed by atoms with E-state index in [1.807, 2.05) is 18.2 Å². The summed E-state index contributed by atoms with van der Waals surface area (Å²) in [6.07, 6.45) is 1.35. The topological polar surface area (TPSA) is 80.0 Å². The van der Waals surface area contributed by atoms with Crippen LogP contribution < -0.4 is 5.32 Å². The zero-order valence-corrected chi connectivity index (χ0v) is 14.8. The van der Waals surface area contributed by atoms with Crippen LogP contribution in [0, 0.1) is 0 Å². The van der Waals surface area contributed by atoms with Gasteiger partial charge in [-0.25, -0.2) is 9.67 Å². The molecule has 9 heteroatoms. The Morgan fingerprint density at radius 3 is 2.48 bits per heavy atom. The largest absolute Gasteiger partial charge is 0.505 e. The molecule has 0 saturated heterocycles. The lowest BCUT2D eigenvalue weighted by atomic mass is 10.2. The summed E-state index contributed by atoms with van der Waals surface area (Å²) < 4.78 is 1.33. The first-order valence-electron chi connectivity index (χ1n) is 7.07. The van der Waals surface area contributed by atoms with Crippen LogP contribution in [0.4, 0.5) is 0 Å². The van der Waals surface area contributed by atoms with Crippen molar-refractivity contribution in [2.24, 2.45) is 0 Å². The first-order valence-corrected chi connectivity index (χ1v) is 8.20. The number of benzene rings is 2. The van der Waals surface area contributed by atoms with Crippen LogP contribution >= 0.6 is 34.8 Å². The zero-order valence-electron chi connectivity index (χ0n) is 12.6. The molecule has 1 heterocycles. The molecule has 1 aromatic heterocycles. The maximum atomic E-state index is 12.2. The molecule has 0 bridgehead atoms. The summed E-state index contributed by atoms with van der Waals surface area (Å²) in [7, 11) is 0. The fourth-order valence-corrected chi connectivity index (χ4v) is 2.75. The second-order valence-electron chi connectivity index (χ2n) is 5.04. The number of phenolic OH excluding ortho intramolecular Hbond substituents is 1. The van der Waals surface area contributed by atoms with Crippen LogP contribution in [0.3, 0.4) is 0 Å². The van der Waals surface area contributed by atoms with Gasteiger partial charge in [-0.15, -0.1) is 5.10 Å². The summed E-state index contributed by atoms with van der Waals surface area (Å²) in [6, 6.07) is 10.1. The highest BCUT2D eigenvalue weighted by Crippen LogP contribution is 2.33. The summed E-state index contributed by atoms with van der Waals surface area (Å²) in [5.74, 6) is -0.688. The molecule has 6 nitrogen and oxygen atoms in total. The van der Waals surface area contributed by atoms with Crippen molar-refractivity contribution in [1.82, 2.24) is 20.1 Å². The standard InChI is InChI=1S/C16H11Cl3N4O2/c17-11-4-2-1-3-9(11)7-20-16(25)15-21-8-23(22-15)10-5-12(18)14(24)13(19)6-10/h1-6,8,24H,7H2,(H,20,25). The number of halogens is 3. The van der Waals surface area contributed by atoms with Crippen LogP contribution in [-0.2, 0) is 6.54 Å². The number of nitrogens with zero attached hydrogens (tertiary/aromatic N) is 3. The van der Waals surface area contributed by atoms with Gasteiger partial charge in [0.25, 0.3) is 5.91 Å². The molecule has 0 radical (unpaired) electrons. The van der Waals surface area contributed by atoms with Crippen LogP contribution in [0.1, 0.15) is 16.2 Å². The van der Waals surface area contributed by atoms with Gasteiger partial charge in [-0.05, 0) is 23.8 Å². The number of hydrogen-bond donors (Lipinski definition) is 2. The monoisotopic (exact) mass is 396 g/mol. The molecule has 0 aliphatic rings. The minimum absolute atomic E-state index is 0.0210. The first-order chi connectivity index (χ1) is 12.0. The maximum absolute atomic E-state index is 12.2. The molecule has 3 aromatic rings. The molecule has 3 rings (SSSR count). The number of hydrogen-bond acceptors (Lipinski definition) is 4. The van der Waals surface area contributed by atoms with Gasteiger partial charge in [0, 0.05) is 11.6 Å². The molecule has 0 unspecified atom stereocenters.